The van der Waals surface area contributed by atoms with Crippen LogP contribution in [0.15, 0.2) is 16.5 Å². The molecule has 0 aliphatic rings. The lowest BCUT2D eigenvalue weighted by atomic mass is 10.1. The van der Waals surface area contributed by atoms with E-state index in [-0.39, 0.29) is 17.3 Å². The predicted octanol–water partition coefficient (Wildman–Crippen LogP) is 4.39. The minimum Gasteiger partial charge on any atom is -0.463 e. The summed E-state index contributed by atoms with van der Waals surface area (Å²) in [6.45, 7) is 2.20. The van der Waals surface area contributed by atoms with E-state index in [2.05, 4.69) is 11.7 Å². The van der Waals surface area contributed by atoms with Crippen LogP contribution in [-0.2, 0) is 4.74 Å². The third-order valence-electron chi connectivity index (χ3n) is 3.27. The third-order valence-corrected chi connectivity index (χ3v) is 3.27. The first-order valence-corrected chi connectivity index (χ1v) is 7.40. The van der Waals surface area contributed by atoms with Crippen LogP contribution in [0, 0.1) is 0 Å². The number of unbranched alkanes of at least 4 members (excludes halogenated alkanes) is 6. The zero-order chi connectivity index (χ0) is 14.8. The Morgan fingerprint density at radius 2 is 1.60 bits per heavy atom. The Bertz CT molecular complexity index is 420. The molecule has 0 aliphatic heterocycles. The molecule has 20 heavy (non-hydrogen) atoms. The van der Waals surface area contributed by atoms with Crippen molar-refractivity contribution in [2.75, 3.05) is 7.11 Å². The van der Waals surface area contributed by atoms with Crippen LogP contribution in [0.2, 0.25) is 0 Å². The summed E-state index contributed by atoms with van der Waals surface area (Å²) >= 11 is 0. The van der Waals surface area contributed by atoms with Crippen molar-refractivity contribution in [1.29, 1.82) is 0 Å². The Hall–Kier alpha value is -1.58. The first-order chi connectivity index (χ1) is 9.69. The second-order valence-corrected chi connectivity index (χ2v) is 4.95. The van der Waals surface area contributed by atoms with Crippen LogP contribution in [0.1, 0.15) is 79.4 Å². The Morgan fingerprint density at radius 3 is 2.25 bits per heavy atom. The van der Waals surface area contributed by atoms with Crippen molar-refractivity contribution in [1.82, 2.24) is 0 Å². The lowest BCUT2D eigenvalue weighted by Gasteiger charge is -2.00. The molecule has 0 fully saturated rings. The summed E-state index contributed by atoms with van der Waals surface area (Å²) in [5.41, 5.74) is 0. The van der Waals surface area contributed by atoms with Crippen LogP contribution in [-0.4, -0.2) is 18.9 Å². The Balaban J connectivity index is 2.22. The van der Waals surface area contributed by atoms with Gasteiger partial charge in [-0.3, -0.25) is 4.79 Å². The van der Waals surface area contributed by atoms with Gasteiger partial charge in [0.05, 0.1) is 7.11 Å². The Kier molecular flexibility index (Phi) is 7.70. The van der Waals surface area contributed by atoms with Gasteiger partial charge in [0.1, 0.15) is 0 Å². The maximum absolute atomic E-state index is 11.9. The number of hydrogen-bond acceptors (Lipinski definition) is 4. The molecule has 1 rings (SSSR count). The highest BCUT2D eigenvalue weighted by Crippen LogP contribution is 2.14. The molecule has 4 heteroatoms. The first-order valence-electron chi connectivity index (χ1n) is 7.40. The minimum atomic E-state index is -0.556. The molecule has 0 radical (unpaired) electrons. The summed E-state index contributed by atoms with van der Waals surface area (Å²) in [5.74, 6) is -0.277. The van der Waals surface area contributed by atoms with Crippen molar-refractivity contribution < 1.29 is 18.7 Å². The number of rotatable bonds is 10. The highest BCUT2D eigenvalue weighted by atomic mass is 16.5. The summed E-state index contributed by atoms with van der Waals surface area (Å²) in [6, 6.07) is 3.01. The normalized spacial score (nSPS) is 10.5. The molecular weight excluding hydrogens is 256 g/mol. The van der Waals surface area contributed by atoms with Gasteiger partial charge in [-0.25, -0.2) is 4.79 Å². The lowest BCUT2D eigenvalue weighted by molar-refractivity contribution is 0.0563. The van der Waals surface area contributed by atoms with Gasteiger partial charge in [0.15, 0.2) is 11.5 Å². The van der Waals surface area contributed by atoms with E-state index in [1.54, 1.807) is 0 Å². The fraction of sp³-hybridized carbons (Fsp3) is 0.625. The zero-order valence-corrected chi connectivity index (χ0v) is 12.4. The molecule has 0 aromatic carbocycles. The smallest absolute Gasteiger partial charge is 0.373 e. The molecule has 0 saturated carbocycles. The van der Waals surface area contributed by atoms with E-state index in [0.717, 1.165) is 12.8 Å². The summed E-state index contributed by atoms with van der Waals surface area (Å²) < 4.78 is 9.71. The molecule has 0 saturated heterocycles. The highest BCUT2D eigenvalue weighted by Gasteiger charge is 2.15. The number of carbonyl (C=O) groups is 2. The maximum Gasteiger partial charge on any atom is 0.373 e. The van der Waals surface area contributed by atoms with Gasteiger partial charge in [0.25, 0.3) is 0 Å². The van der Waals surface area contributed by atoms with Crippen molar-refractivity contribution in [3.05, 3.63) is 23.7 Å². The molecule has 0 amide bonds. The van der Waals surface area contributed by atoms with Crippen molar-refractivity contribution in [3.8, 4) is 0 Å². The molecule has 0 aliphatic carbocycles. The summed E-state index contributed by atoms with van der Waals surface area (Å²) in [6.07, 6.45) is 8.67. The zero-order valence-electron chi connectivity index (χ0n) is 12.4. The summed E-state index contributed by atoms with van der Waals surface area (Å²) in [7, 11) is 1.28. The topological polar surface area (TPSA) is 56.5 Å². The van der Waals surface area contributed by atoms with E-state index >= 15 is 0 Å². The fourth-order valence-corrected chi connectivity index (χ4v) is 2.06. The number of esters is 1. The van der Waals surface area contributed by atoms with Crippen LogP contribution >= 0.6 is 0 Å². The van der Waals surface area contributed by atoms with Gasteiger partial charge < -0.3 is 9.15 Å². The van der Waals surface area contributed by atoms with Gasteiger partial charge in [0.2, 0.25) is 5.76 Å². The molecular formula is C16H24O4. The number of ketones is 1. The second kappa shape index (κ2) is 9.34. The standard InChI is InChI=1S/C16H24O4/c1-3-4-5-6-7-8-9-10-13(17)14-11-12-15(20-14)16(18)19-2/h11-12H,3-10H2,1-2H3. The van der Waals surface area contributed by atoms with E-state index in [1.807, 2.05) is 0 Å². The van der Waals surface area contributed by atoms with E-state index < -0.39 is 5.97 Å². The van der Waals surface area contributed by atoms with Gasteiger partial charge in [-0.05, 0) is 18.6 Å². The molecule has 0 atom stereocenters. The number of furan rings is 1. The average Bonchev–Trinajstić information content (AvgIpc) is 2.95. The highest BCUT2D eigenvalue weighted by molar-refractivity contribution is 5.95. The van der Waals surface area contributed by atoms with Crippen molar-refractivity contribution in [3.63, 3.8) is 0 Å². The molecule has 0 N–H and O–H groups in total. The third kappa shape index (κ3) is 5.59. The van der Waals surface area contributed by atoms with Gasteiger partial charge in [-0.15, -0.1) is 0 Å². The molecule has 4 nitrogen and oxygen atoms in total. The van der Waals surface area contributed by atoms with Crippen molar-refractivity contribution in [2.45, 2.75) is 58.3 Å². The number of methoxy groups -OCH3 is 1. The molecule has 1 aromatic heterocycles. The van der Waals surface area contributed by atoms with Gasteiger partial charge in [0, 0.05) is 6.42 Å². The van der Waals surface area contributed by atoms with Crippen LogP contribution in [0.4, 0.5) is 0 Å². The molecule has 0 bridgehead atoms. The van der Waals surface area contributed by atoms with E-state index in [4.69, 9.17) is 4.42 Å². The van der Waals surface area contributed by atoms with Crippen LogP contribution in [0.3, 0.4) is 0 Å². The van der Waals surface area contributed by atoms with E-state index in [1.165, 1.54) is 51.3 Å². The Morgan fingerprint density at radius 1 is 1.00 bits per heavy atom. The molecule has 112 valence electrons. The first kappa shape index (κ1) is 16.5. The summed E-state index contributed by atoms with van der Waals surface area (Å²) in [4.78, 5) is 23.1. The van der Waals surface area contributed by atoms with Gasteiger partial charge in [-0.1, -0.05) is 45.4 Å². The second-order valence-electron chi connectivity index (χ2n) is 4.95. The van der Waals surface area contributed by atoms with Crippen LogP contribution in [0.25, 0.3) is 0 Å². The van der Waals surface area contributed by atoms with E-state index in [0.29, 0.717) is 6.42 Å². The monoisotopic (exact) mass is 280 g/mol. The fourth-order valence-electron chi connectivity index (χ4n) is 2.06. The van der Waals surface area contributed by atoms with Crippen LogP contribution in [0.5, 0.6) is 0 Å². The number of hydrogen-bond donors (Lipinski definition) is 0. The molecule has 0 spiro atoms. The predicted molar refractivity (Wildman–Crippen MR) is 77.0 cm³/mol. The number of carbonyl (C=O) groups excluding carboxylic acids is 2. The van der Waals surface area contributed by atoms with Gasteiger partial charge in [-0.2, -0.15) is 0 Å². The van der Waals surface area contributed by atoms with Crippen molar-refractivity contribution in [2.24, 2.45) is 0 Å². The molecule has 0 unspecified atom stereocenters. The Labute approximate surface area is 120 Å². The number of Topliss-reactive ketones (excluding diaryl/α,β-unsaturated/α-hetero) is 1. The minimum absolute atomic E-state index is 0.0475. The molecule has 1 heterocycles. The SMILES string of the molecule is CCCCCCCCCC(=O)c1ccc(C(=O)OC)o1. The maximum atomic E-state index is 11.9. The van der Waals surface area contributed by atoms with E-state index in [9.17, 15) is 9.59 Å². The van der Waals surface area contributed by atoms with Crippen LogP contribution < -0.4 is 0 Å². The van der Waals surface area contributed by atoms with Crippen molar-refractivity contribution >= 4 is 11.8 Å². The largest absolute Gasteiger partial charge is 0.463 e. The average molecular weight is 280 g/mol. The summed E-state index contributed by atoms with van der Waals surface area (Å²) in [5, 5.41) is 0. The van der Waals surface area contributed by atoms with Gasteiger partial charge >= 0.3 is 5.97 Å². The molecule has 1 aromatic rings. The quantitative estimate of drug-likeness (QED) is 0.362. The lowest BCUT2D eigenvalue weighted by Crippen LogP contribution is -2.00. The number of ether oxygens (including phenoxy) is 1.